The number of halogens is 1. The third-order valence-electron chi connectivity index (χ3n) is 4.40. The van der Waals surface area contributed by atoms with E-state index in [-0.39, 0.29) is 12.1 Å². The Morgan fingerprint density at radius 2 is 1.56 bits per heavy atom. The number of rotatable bonds is 4. The third kappa shape index (κ3) is 3.11. The van der Waals surface area contributed by atoms with Crippen molar-refractivity contribution in [1.82, 2.24) is 4.90 Å². The lowest BCUT2D eigenvalue weighted by Crippen LogP contribution is -2.31. The number of anilines is 1. The molecule has 0 fully saturated rings. The number of nitrogens with one attached hydrogen (secondary N) is 1. The van der Waals surface area contributed by atoms with Crippen molar-refractivity contribution in [3.8, 4) is 0 Å². The lowest BCUT2D eigenvalue weighted by atomic mass is 10.1. The number of amides is 1. The molecular formula is C21H17ClN2O. The van der Waals surface area contributed by atoms with Crippen molar-refractivity contribution >= 4 is 23.2 Å². The van der Waals surface area contributed by atoms with Gasteiger partial charge in [-0.25, -0.2) is 0 Å². The smallest absolute Gasteiger partial charge is 0.256 e. The highest BCUT2D eigenvalue weighted by Crippen LogP contribution is 2.35. The Labute approximate surface area is 151 Å². The summed E-state index contributed by atoms with van der Waals surface area (Å²) in [5.74, 6) is 0.0471. The van der Waals surface area contributed by atoms with Crippen molar-refractivity contribution in [3.05, 3.63) is 101 Å². The minimum atomic E-state index is -0.204. The highest BCUT2D eigenvalue weighted by Gasteiger charge is 2.36. The molecule has 1 atom stereocenters. The molecule has 0 bridgehead atoms. The van der Waals surface area contributed by atoms with Gasteiger partial charge in [0.05, 0.1) is 0 Å². The van der Waals surface area contributed by atoms with Crippen LogP contribution in [-0.2, 0) is 6.54 Å². The van der Waals surface area contributed by atoms with E-state index in [4.69, 9.17) is 11.6 Å². The zero-order valence-corrected chi connectivity index (χ0v) is 14.3. The fourth-order valence-corrected chi connectivity index (χ4v) is 3.30. The van der Waals surface area contributed by atoms with Crippen LogP contribution in [0.5, 0.6) is 0 Å². The molecule has 1 aliphatic heterocycles. The summed E-state index contributed by atoms with van der Waals surface area (Å²) in [5.41, 5.74) is 3.78. The Balaban J connectivity index is 1.68. The predicted octanol–water partition coefficient (Wildman–Crippen LogP) is 5.11. The lowest BCUT2D eigenvalue weighted by molar-refractivity contribution is 0.0729. The van der Waals surface area contributed by atoms with E-state index >= 15 is 0 Å². The number of hydrogen-bond donors (Lipinski definition) is 1. The molecule has 4 rings (SSSR count). The van der Waals surface area contributed by atoms with Gasteiger partial charge in [0.2, 0.25) is 0 Å². The largest absolute Gasteiger partial charge is 0.361 e. The maximum atomic E-state index is 12.9. The monoisotopic (exact) mass is 348 g/mol. The first kappa shape index (κ1) is 15.7. The average Bonchev–Trinajstić information content (AvgIpc) is 2.91. The van der Waals surface area contributed by atoms with Gasteiger partial charge in [-0.2, -0.15) is 0 Å². The van der Waals surface area contributed by atoms with E-state index in [1.54, 1.807) is 0 Å². The minimum absolute atomic E-state index is 0.0471. The van der Waals surface area contributed by atoms with Gasteiger partial charge in [0.25, 0.3) is 5.91 Å². The van der Waals surface area contributed by atoms with Crippen molar-refractivity contribution < 1.29 is 4.79 Å². The van der Waals surface area contributed by atoms with E-state index in [1.807, 2.05) is 83.8 Å². The summed E-state index contributed by atoms with van der Waals surface area (Å²) >= 11 is 5.98. The SMILES string of the molecule is O=C1c2ccccc2[C@@H](Nc2ccc(Cl)cc2)N1Cc1ccccc1. The molecule has 0 saturated carbocycles. The molecule has 1 amide bonds. The average molecular weight is 349 g/mol. The quantitative estimate of drug-likeness (QED) is 0.710. The molecule has 25 heavy (non-hydrogen) atoms. The summed E-state index contributed by atoms with van der Waals surface area (Å²) in [7, 11) is 0. The number of carbonyl (C=O) groups is 1. The number of fused-ring (bicyclic) bond motifs is 1. The fraction of sp³-hybridized carbons (Fsp3) is 0.0952. The first-order chi connectivity index (χ1) is 12.2. The zero-order chi connectivity index (χ0) is 17.2. The van der Waals surface area contributed by atoms with E-state index < -0.39 is 0 Å². The van der Waals surface area contributed by atoms with Crippen molar-refractivity contribution in [2.45, 2.75) is 12.7 Å². The summed E-state index contributed by atoms with van der Waals surface area (Å²) in [6, 6.07) is 25.3. The van der Waals surface area contributed by atoms with Crippen LogP contribution in [0.25, 0.3) is 0 Å². The van der Waals surface area contributed by atoms with Crippen molar-refractivity contribution in [2.75, 3.05) is 5.32 Å². The molecule has 0 aromatic heterocycles. The summed E-state index contributed by atoms with van der Waals surface area (Å²) in [6.07, 6.45) is -0.204. The first-order valence-corrected chi connectivity index (χ1v) is 8.56. The van der Waals surface area contributed by atoms with E-state index in [1.165, 1.54) is 0 Å². The summed E-state index contributed by atoms with van der Waals surface area (Å²) < 4.78 is 0. The molecule has 1 aliphatic rings. The molecular weight excluding hydrogens is 332 g/mol. The Hall–Kier alpha value is -2.78. The Morgan fingerprint density at radius 3 is 2.32 bits per heavy atom. The van der Waals surface area contributed by atoms with Crippen LogP contribution in [0.3, 0.4) is 0 Å². The lowest BCUT2D eigenvalue weighted by Gasteiger charge is -2.27. The first-order valence-electron chi connectivity index (χ1n) is 8.18. The minimum Gasteiger partial charge on any atom is -0.361 e. The van der Waals surface area contributed by atoms with Crippen molar-refractivity contribution in [1.29, 1.82) is 0 Å². The molecule has 124 valence electrons. The topological polar surface area (TPSA) is 32.3 Å². The Bertz CT molecular complexity index is 893. The molecule has 0 unspecified atom stereocenters. The zero-order valence-electron chi connectivity index (χ0n) is 13.5. The highest BCUT2D eigenvalue weighted by molar-refractivity contribution is 6.30. The van der Waals surface area contributed by atoms with Gasteiger partial charge in [0.1, 0.15) is 6.17 Å². The molecule has 0 spiro atoms. The highest BCUT2D eigenvalue weighted by atomic mass is 35.5. The number of benzene rings is 3. The number of nitrogens with zero attached hydrogens (tertiary/aromatic N) is 1. The summed E-state index contributed by atoms with van der Waals surface area (Å²) in [4.78, 5) is 14.8. The van der Waals surface area contributed by atoms with Gasteiger partial charge in [-0.3, -0.25) is 4.79 Å². The maximum Gasteiger partial charge on any atom is 0.256 e. The van der Waals surface area contributed by atoms with E-state index in [0.29, 0.717) is 11.6 Å². The van der Waals surface area contributed by atoms with Gasteiger partial charge in [-0.1, -0.05) is 60.1 Å². The van der Waals surface area contributed by atoms with Gasteiger partial charge in [0.15, 0.2) is 0 Å². The Morgan fingerprint density at radius 1 is 0.880 bits per heavy atom. The van der Waals surface area contributed by atoms with Crippen molar-refractivity contribution in [2.24, 2.45) is 0 Å². The molecule has 3 aromatic rings. The van der Waals surface area contributed by atoms with Crippen LogP contribution in [0.15, 0.2) is 78.9 Å². The van der Waals surface area contributed by atoms with Crippen LogP contribution >= 0.6 is 11.6 Å². The Kier molecular flexibility index (Phi) is 4.16. The molecule has 0 aliphatic carbocycles. The predicted molar refractivity (Wildman–Crippen MR) is 101 cm³/mol. The fourth-order valence-electron chi connectivity index (χ4n) is 3.17. The van der Waals surface area contributed by atoms with Crippen LogP contribution in [0.4, 0.5) is 5.69 Å². The number of hydrogen-bond acceptors (Lipinski definition) is 2. The van der Waals surface area contributed by atoms with Gasteiger partial charge in [0, 0.05) is 28.4 Å². The van der Waals surface area contributed by atoms with E-state index in [0.717, 1.165) is 22.4 Å². The molecule has 1 N–H and O–H groups in total. The molecule has 1 heterocycles. The standard InChI is InChI=1S/C21H17ClN2O/c22-16-10-12-17(13-11-16)23-20-18-8-4-5-9-19(18)21(25)24(20)14-15-6-2-1-3-7-15/h1-13,20,23H,14H2/t20-/m0/s1. The second kappa shape index (κ2) is 6.61. The van der Waals surface area contributed by atoms with E-state index in [9.17, 15) is 4.79 Å². The molecule has 3 aromatic carbocycles. The summed E-state index contributed by atoms with van der Waals surface area (Å²) in [5, 5.41) is 4.16. The van der Waals surface area contributed by atoms with Gasteiger partial charge < -0.3 is 10.2 Å². The van der Waals surface area contributed by atoms with Gasteiger partial charge in [-0.05, 0) is 35.9 Å². The van der Waals surface area contributed by atoms with Gasteiger partial charge >= 0.3 is 0 Å². The maximum absolute atomic E-state index is 12.9. The second-order valence-corrected chi connectivity index (χ2v) is 6.50. The van der Waals surface area contributed by atoms with E-state index in [2.05, 4.69) is 5.32 Å². The van der Waals surface area contributed by atoms with Crippen molar-refractivity contribution in [3.63, 3.8) is 0 Å². The molecule has 3 nitrogen and oxygen atoms in total. The number of carbonyl (C=O) groups excluding carboxylic acids is 1. The molecule has 0 radical (unpaired) electrons. The van der Waals surface area contributed by atoms with Crippen LogP contribution in [0, 0.1) is 0 Å². The molecule has 4 heteroatoms. The van der Waals surface area contributed by atoms with Crippen LogP contribution in [0.1, 0.15) is 27.7 Å². The summed E-state index contributed by atoms with van der Waals surface area (Å²) in [6.45, 7) is 0.555. The van der Waals surface area contributed by atoms with Crippen LogP contribution in [0.2, 0.25) is 5.02 Å². The third-order valence-corrected chi connectivity index (χ3v) is 4.65. The van der Waals surface area contributed by atoms with Crippen LogP contribution < -0.4 is 5.32 Å². The normalized spacial score (nSPS) is 16.0. The van der Waals surface area contributed by atoms with Crippen LogP contribution in [-0.4, -0.2) is 10.8 Å². The van der Waals surface area contributed by atoms with Gasteiger partial charge in [-0.15, -0.1) is 0 Å². The second-order valence-electron chi connectivity index (χ2n) is 6.06. The molecule has 0 saturated heterocycles.